The molecule has 0 spiro atoms. The van der Waals surface area contributed by atoms with E-state index in [1.54, 1.807) is 24.1 Å². The molecule has 1 fully saturated rings. The number of anilines is 1. The summed E-state index contributed by atoms with van der Waals surface area (Å²) in [6.07, 6.45) is 0. The molecule has 0 bridgehead atoms. The van der Waals surface area contributed by atoms with E-state index in [4.69, 9.17) is 4.74 Å². The van der Waals surface area contributed by atoms with Crippen molar-refractivity contribution >= 4 is 11.7 Å². The van der Waals surface area contributed by atoms with Crippen LogP contribution in [0.1, 0.15) is 24.1 Å². The molecule has 144 valence electrons. The molecule has 3 rings (SSSR count). The molecule has 1 aliphatic rings. The predicted molar refractivity (Wildman–Crippen MR) is 104 cm³/mol. The Hall–Kier alpha value is -2.60. The number of nitrogens with zero attached hydrogens (tertiary/aromatic N) is 2. The summed E-state index contributed by atoms with van der Waals surface area (Å²) in [6, 6.07) is 14.1. The van der Waals surface area contributed by atoms with Gasteiger partial charge in [0.2, 0.25) is 0 Å². The molecule has 1 aliphatic heterocycles. The van der Waals surface area contributed by atoms with Crippen LogP contribution in [0.15, 0.2) is 48.5 Å². The minimum absolute atomic E-state index is 0.163. The van der Waals surface area contributed by atoms with Crippen molar-refractivity contribution in [3.63, 3.8) is 0 Å². The molecular formula is C21H26FN3O2. The van der Waals surface area contributed by atoms with Gasteiger partial charge in [0.05, 0.1) is 19.3 Å². The van der Waals surface area contributed by atoms with Crippen LogP contribution in [0, 0.1) is 5.82 Å². The van der Waals surface area contributed by atoms with Gasteiger partial charge in [-0.3, -0.25) is 0 Å². The molecule has 0 radical (unpaired) electrons. The molecule has 5 nitrogen and oxygen atoms in total. The third kappa shape index (κ3) is 5.20. The van der Waals surface area contributed by atoms with E-state index in [-0.39, 0.29) is 17.9 Å². The van der Waals surface area contributed by atoms with E-state index < -0.39 is 0 Å². The molecule has 1 unspecified atom stereocenters. The minimum atomic E-state index is -0.282. The van der Waals surface area contributed by atoms with Crippen LogP contribution >= 0.6 is 0 Å². The summed E-state index contributed by atoms with van der Waals surface area (Å²) in [5, 5.41) is 2.94. The second-order valence-corrected chi connectivity index (χ2v) is 6.84. The number of benzene rings is 2. The van der Waals surface area contributed by atoms with Crippen molar-refractivity contribution in [1.82, 2.24) is 10.2 Å². The Kier molecular flexibility index (Phi) is 6.29. The first kappa shape index (κ1) is 19.2. The van der Waals surface area contributed by atoms with Gasteiger partial charge in [0.1, 0.15) is 5.82 Å². The smallest absolute Gasteiger partial charge is 0.317 e. The van der Waals surface area contributed by atoms with Gasteiger partial charge in [0, 0.05) is 32.4 Å². The number of rotatable bonds is 5. The molecule has 0 aliphatic carbocycles. The predicted octanol–water partition coefficient (Wildman–Crippen LogP) is 3.56. The summed E-state index contributed by atoms with van der Waals surface area (Å²) >= 11 is 0. The largest absolute Gasteiger partial charge is 0.378 e. The Morgan fingerprint density at radius 1 is 1.15 bits per heavy atom. The number of ether oxygens (including phenoxy) is 1. The maximum absolute atomic E-state index is 13.0. The highest BCUT2D eigenvalue weighted by Crippen LogP contribution is 2.18. The summed E-state index contributed by atoms with van der Waals surface area (Å²) in [5.74, 6) is -0.282. The molecule has 2 aromatic rings. The molecule has 1 saturated heterocycles. The number of carbonyl (C=O) groups excluding carboxylic acids is 1. The lowest BCUT2D eigenvalue weighted by atomic mass is 10.1. The second-order valence-electron chi connectivity index (χ2n) is 6.84. The fraction of sp³-hybridized carbons (Fsp3) is 0.381. The minimum Gasteiger partial charge on any atom is -0.378 e. The Bertz CT molecular complexity index is 743. The number of nitrogens with one attached hydrogen (secondary N) is 1. The van der Waals surface area contributed by atoms with Gasteiger partial charge in [-0.1, -0.05) is 24.3 Å². The number of amides is 2. The monoisotopic (exact) mass is 371 g/mol. The first-order valence-electron chi connectivity index (χ1n) is 9.21. The third-order valence-corrected chi connectivity index (χ3v) is 4.79. The zero-order valence-electron chi connectivity index (χ0n) is 15.8. The van der Waals surface area contributed by atoms with Crippen LogP contribution in [0.2, 0.25) is 0 Å². The molecule has 2 amide bonds. The van der Waals surface area contributed by atoms with E-state index in [1.807, 2.05) is 6.92 Å². The fourth-order valence-corrected chi connectivity index (χ4v) is 3.11. The Labute approximate surface area is 159 Å². The molecular weight excluding hydrogens is 345 g/mol. The van der Waals surface area contributed by atoms with Gasteiger partial charge in [-0.05, 0) is 42.3 Å². The summed E-state index contributed by atoms with van der Waals surface area (Å²) in [4.78, 5) is 16.4. The maximum Gasteiger partial charge on any atom is 0.317 e. The number of morpholine rings is 1. The first-order valence-corrected chi connectivity index (χ1v) is 9.21. The van der Waals surface area contributed by atoms with Crippen LogP contribution in [-0.2, 0) is 11.3 Å². The number of urea groups is 1. The quantitative estimate of drug-likeness (QED) is 0.874. The maximum atomic E-state index is 13.0. The van der Waals surface area contributed by atoms with Gasteiger partial charge in [0.15, 0.2) is 0 Å². The summed E-state index contributed by atoms with van der Waals surface area (Å²) in [6.45, 7) is 5.74. The van der Waals surface area contributed by atoms with Crippen LogP contribution in [0.5, 0.6) is 0 Å². The zero-order chi connectivity index (χ0) is 19.2. The molecule has 1 N–H and O–H groups in total. The van der Waals surface area contributed by atoms with Gasteiger partial charge in [-0.2, -0.15) is 0 Å². The second kappa shape index (κ2) is 8.86. The van der Waals surface area contributed by atoms with Crippen molar-refractivity contribution in [3.8, 4) is 0 Å². The third-order valence-electron chi connectivity index (χ3n) is 4.79. The van der Waals surface area contributed by atoms with Crippen molar-refractivity contribution < 1.29 is 13.9 Å². The summed E-state index contributed by atoms with van der Waals surface area (Å²) < 4.78 is 18.4. The van der Waals surface area contributed by atoms with Crippen molar-refractivity contribution in [2.24, 2.45) is 0 Å². The average Bonchev–Trinajstić information content (AvgIpc) is 2.69. The van der Waals surface area contributed by atoms with Crippen molar-refractivity contribution in [3.05, 3.63) is 65.5 Å². The van der Waals surface area contributed by atoms with Gasteiger partial charge in [-0.15, -0.1) is 0 Å². The number of carbonyl (C=O) groups is 1. The Morgan fingerprint density at radius 3 is 2.41 bits per heavy atom. The number of hydrogen-bond acceptors (Lipinski definition) is 3. The fourth-order valence-electron chi connectivity index (χ4n) is 3.11. The first-order chi connectivity index (χ1) is 13.0. The standard InChI is InChI=1S/C21H26FN3O2/c1-16(18-5-7-19(22)8-6-18)23-21(26)24(2)15-17-3-9-20(10-4-17)25-11-13-27-14-12-25/h3-10,16H,11-15H2,1-2H3,(H,23,26). The molecule has 1 atom stereocenters. The van der Waals surface area contributed by atoms with E-state index in [1.165, 1.54) is 17.8 Å². The van der Waals surface area contributed by atoms with Crippen LogP contribution in [0.4, 0.5) is 14.9 Å². The van der Waals surface area contributed by atoms with Crippen molar-refractivity contribution in [2.75, 3.05) is 38.3 Å². The molecule has 0 aromatic heterocycles. The highest BCUT2D eigenvalue weighted by atomic mass is 19.1. The van der Waals surface area contributed by atoms with E-state index >= 15 is 0 Å². The zero-order valence-corrected chi connectivity index (χ0v) is 15.8. The van der Waals surface area contributed by atoms with E-state index in [9.17, 15) is 9.18 Å². The molecule has 6 heteroatoms. The summed E-state index contributed by atoms with van der Waals surface area (Å²) in [5.41, 5.74) is 3.12. The molecule has 27 heavy (non-hydrogen) atoms. The molecule has 2 aromatic carbocycles. The number of halogens is 1. The van der Waals surface area contributed by atoms with E-state index in [0.717, 1.165) is 37.4 Å². The van der Waals surface area contributed by atoms with Crippen LogP contribution in [0.25, 0.3) is 0 Å². The lowest BCUT2D eigenvalue weighted by Gasteiger charge is -2.29. The van der Waals surface area contributed by atoms with E-state index in [2.05, 4.69) is 34.5 Å². The lowest BCUT2D eigenvalue weighted by Crippen LogP contribution is -2.38. The normalized spacial score (nSPS) is 15.3. The summed E-state index contributed by atoms with van der Waals surface area (Å²) in [7, 11) is 1.77. The average molecular weight is 371 g/mol. The van der Waals surface area contributed by atoms with Crippen molar-refractivity contribution in [2.45, 2.75) is 19.5 Å². The van der Waals surface area contributed by atoms with E-state index in [0.29, 0.717) is 6.54 Å². The van der Waals surface area contributed by atoms with Crippen molar-refractivity contribution in [1.29, 1.82) is 0 Å². The topological polar surface area (TPSA) is 44.8 Å². The molecule has 0 saturated carbocycles. The lowest BCUT2D eigenvalue weighted by molar-refractivity contribution is 0.122. The number of hydrogen-bond donors (Lipinski definition) is 1. The highest BCUT2D eigenvalue weighted by Gasteiger charge is 2.15. The van der Waals surface area contributed by atoms with Crippen LogP contribution in [-0.4, -0.2) is 44.3 Å². The SMILES string of the molecule is CC(NC(=O)N(C)Cc1ccc(N2CCOCC2)cc1)c1ccc(F)cc1. The van der Waals surface area contributed by atoms with Crippen LogP contribution < -0.4 is 10.2 Å². The Balaban J connectivity index is 1.53. The van der Waals surface area contributed by atoms with Gasteiger partial charge in [0.25, 0.3) is 0 Å². The van der Waals surface area contributed by atoms with Crippen LogP contribution in [0.3, 0.4) is 0 Å². The molecule has 1 heterocycles. The van der Waals surface area contributed by atoms with Gasteiger partial charge < -0.3 is 19.9 Å². The highest BCUT2D eigenvalue weighted by molar-refractivity contribution is 5.74. The Morgan fingerprint density at radius 2 is 1.78 bits per heavy atom. The van der Waals surface area contributed by atoms with Gasteiger partial charge >= 0.3 is 6.03 Å². The van der Waals surface area contributed by atoms with Gasteiger partial charge in [-0.25, -0.2) is 9.18 Å².